The van der Waals surface area contributed by atoms with Gasteiger partial charge in [0.2, 0.25) is 0 Å². The Morgan fingerprint density at radius 1 is 1.27 bits per heavy atom. The highest BCUT2D eigenvalue weighted by Gasteiger charge is 2.01. The van der Waals surface area contributed by atoms with E-state index in [-0.39, 0.29) is 12.2 Å². The van der Waals surface area contributed by atoms with Crippen molar-refractivity contribution < 1.29 is 10.2 Å². The summed E-state index contributed by atoms with van der Waals surface area (Å²) in [5.74, 6) is 0. The molecule has 0 saturated heterocycles. The van der Waals surface area contributed by atoms with Gasteiger partial charge >= 0.3 is 0 Å². The molecule has 0 aliphatic heterocycles. The van der Waals surface area contributed by atoms with Gasteiger partial charge in [0.15, 0.2) is 0 Å². The largest absolute Gasteiger partial charge is 0.392 e. The van der Waals surface area contributed by atoms with Crippen LogP contribution in [0.3, 0.4) is 0 Å². The van der Waals surface area contributed by atoms with Gasteiger partial charge in [0.1, 0.15) is 0 Å². The van der Waals surface area contributed by atoms with Gasteiger partial charge in [-0.2, -0.15) is 0 Å². The molecule has 0 heterocycles. The maximum atomic E-state index is 9.22. The molecule has 2 atom stereocenters. The molecule has 0 amide bonds. The standard InChI is InChI=1S/C8H19NO2/c1-3-4-8(11)6-9-5-7(2)10/h7-11H,3-6H2,1-2H3/t7-,8?/m0/s1. The molecular formula is C8H19NO2. The van der Waals surface area contributed by atoms with Crippen LogP contribution in [0.25, 0.3) is 0 Å². The molecule has 0 aromatic heterocycles. The van der Waals surface area contributed by atoms with E-state index in [1.54, 1.807) is 6.92 Å². The Morgan fingerprint density at radius 3 is 2.36 bits per heavy atom. The number of aliphatic hydroxyl groups is 2. The first-order valence-corrected chi connectivity index (χ1v) is 4.23. The van der Waals surface area contributed by atoms with Crippen molar-refractivity contribution in [2.45, 2.75) is 38.9 Å². The molecule has 0 spiro atoms. The molecule has 0 rings (SSSR count). The Hall–Kier alpha value is -0.120. The molecule has 68 valence electrons. The SMILES string of the molecule is CCCC(O)CNC[C@H](C)O. The van der Waals surface area contributed by atoms with Crippen LogP contribution < -0.4 is 5.32 Å². The fraction of sp³-hybridized carbons (Fsp3) is 1.00. The Morgan fingerprint density at radius 2 is 1.91 bits per heavy atom. The molecule has 0 aliphatic carbocycles. The van der Waals surface area contributed by atoms with Gasteiger partial charge in [-0.05, 0) is 13.3 Å². The van der Waals surface area contributed by atoms with Crippen LogP contribution in [0.1, 0.15) is 26.7 Å². The van der Waals surface area contributed by atoms with E-state index in [9.17, 15) is 5.11 Å². The van der Waals surface area contributed by atoms with E-state index in [4.69, 9.17) is 5.11 Å². The zero-order valence-corrected chi connectivity index (χ0v) is 7.38. The van der Waals surface area contributed by atoms with Gasteiger partial charge in [0, 0.05) is 13.1 Å². The van der Waals surface area contributed by atoms with Crippen molar-refractivity contribution >= 4 is 0 Å². The van der Waals surface area contributed by atoms with Crippen molar-refractivity contribution in [1.29, 1.82) is 0 Å². The van der Waals surface area contributed by atoms with Crippen molar-refractivity contribution in [3.8, 4) is 0 Å². The summed E-state index contributed by atoms with van der Waals surface area (Å²) >= 11 is 0. The van der Waals surface area contributed by atoms with Crippen molar-refractivity contribution in [3.63, 3.8) is 0 Å². The van der Waals surface area contributed by atoms with Crippen LogP contribution in [0.15, 0.2) is 0 Å². The molecule has 1 unspecified atom stereocenters. The third kappa shape index (κ3) is 7.78. The molecule has 0 aromatic carbocycles. The van der Waals surface area contributed by atoms with E-state index >= 15 is 0 Å². The Kier molecular flexibility index (Phi) is 6.51. The highest BCUT2D eigenvalue weighted by atomic mass is 16.3. The lowest BCUT2D eigenvalue weighted by atomic mass is 10.2. The Balaban J connectivity index is 3.10. The molecular weight excluding hydrogens is 142 g/mol. The van der Waals surface area contributed by atoms with Gasteiger partial charge in [0.25, 0.3) is 0 Å². The summed E-state index contributed by atoms with van der Waals surface area (Å²) in [7, 11) is 0. The van der Waals surface area contributed by atoms with Crippen LogP contribution >= 0.6 is 0 Å². The van der Waals surface area contributed by atoms with Crippen molar-refractivity contribution in [1.82, 2.24) is 5.32 Å². The molecule has 3 heteroatoms. The molecule has 3 nitrogen and oxygen atoms in total. The molecule has 0 bridgehead atoms. The predicted octanol–water partition coefficient (Wildman–Crippen LogP) is 0.118. The second-order valence-electron chi connectivity index (χ2n) is 2.95. The van der Waals surface area contributed by atoms with Gasteiger partial charge in [-0.1, -0.05) is 13.3 Å². The van der Waals surface area contributed by atoms with Crippen LogP contribution in [-0.4, -0.2) is 35.5 Å². The number of hydrogen-bond donors (Lipinski definition) is 3. The average molecular weight is 161 g/mol. The van der Waals surface area contributed by atoms with E-state index in [0.29, 0.717) is 13.1 Å². The van der Waals surface area contributed by atoms with Crippen molar-refractivity contribution in [3.05, 3.63) is 0 Å². The fourth-order valence-corrected chi connectivity index (χ4v) is 0.894. The number of aliphatic hydroxyl groups excluding tert-OH is 2. The first-order chi connectivity index (χ1) is 5.16. The number of rotatable bonds is 6. The van der Waals surface area contributed by atoms with Gasteiger partial charge in [-0.25, -0.2) is 0 Å². The smallest absolute Gasteiger partial charge is 0.0664 e. The summed E-state index contributed by atoms with van der Waals surface area (Å²) in [5.41, 5.74) is 0. The van der Waals surface area contributed by atoms with Crippen molar-refractivity contribution in [2.75, 3.05) is 13.1 Å². The van der Waals surface area contributed by atoms with E-state index in [2.05, 4.69) is 5.32 Å². The Labute approximate surface area is 68.4 Å². The van der Waals surface area contributed by atoms with Crippen LogP contribution in [0.4, 0.5) is 0 Å². The molecule has 11 heavy (non-hydrogen) atoms. The van der Waals surface area contributed by atoms with Crippen LogP contribution in [0.2, 0.25) is 0 Å². The molecule has 0 aliphatic rings. The van der Waals surface area contributed by atoms with Gasteiger partial charge in [-0.15, -0.1) is 0 Å². The van der Waals surface area contributed by atoms with Gasteiger partial charge in [0.05, 0.1) is 12.2 Å². The maximum Gasteiger partial charge on any atom is 0.0664 e. The average Bonchev–Trinajstić information content (AvgIpc) is 1.87. The first-order valence-electron chi connectivity index (χ1n) is 4.23. The molecule has 0 radical (unpaired) electrons. The molecule has 0 aromatic rings. The van der Waals surface area contributed by atoms with Gasteiger partial charge in [-0.3, -0.25) is 0 Å². The second kappa shape index (κ2) is 6.58. The lowest BCUT2D eigenvalue weighted by Crippen LogP contribution is -2.31. The second-order valence-corrected chi connectivity index (χ2v) is 2.95. The molecule has 3 N–H and O–H groups in total. The molecule has 0 fully saturated rings. The summed E-state index contributed by atoms with van der Waals surface area (Å²) < 4.78 is 0. The predicted molar refractivity (Wildman–Crippen MR) is 45.5 cm³/mol. The third-order valence-corrected chi connectivity index (χ3v) is 1.44. The fourth-order valence-electron chi connectivity index (χ4n) is 0.894. The highest BCUT2D eigenvalue weighted by molar-refractivity contribution is 4.60. The number of hydrogen-bond acceptors (Lipinski definition) is 3. The summed E-state index contributed by atoms with van der Waals surface area (Å²) in [5, 5.41) is 21.0. The van der Waals surface area contributed by atoms with E-state index in [1.165, 1.54) is 0 Å². The summed E-state index contributed by atoms with van der Waals surface area (Å²) in [6, 6.07) is 0. The summed E-state index contributed by atoms with van der Waals surface area (Å²) in [4.78, 5) is 0. The zero-order chi connectivity index (χ0) is 8.69. The maximum absolute atomic E-state index is 9.22. The number of nitrogens with one attached hydrogen (secondary N) is 1. The minimum absolute atomic E-state index is 0.265. The Bertz CT molecular complexity index is 86.2. The monoisotopic (exact) mass is 161 g/mol. The minimum atomic E-state index is -0.330. The quantitative estimate of drug-likeness (QED) is 0.518. The third-order valence-electron chi connectivity index (χ3n) is 1.44. The summed E-state index contributed by atoms with van der Waals surface area (Å²) in [6.07, 6.45) is 1.23. The lowest BCUT2D eigenvalue weighted by molar-refractivity contribution is 0.146. The summed E-state index contributed by atoms with van der Waals surface area (Å²) in [6.45, 7) is 4.90. The topological polar surface area (TPSA) is 52.5 Å². The zero-order valence-electron chi connectivity index (χ0n) is 7.38. The molecule has 0 saturated carbocycles. The first kappa shape index (κ1) is 10.9. The van der Waals surface area contributed by atoms with Gasteiger partial charge < -0.3 is 15.5 Å². The minimum Gasteiger partial charge on any atom is -0.392 e. The highest BCUT2D eigenvalue weighted by Crippen LogP contribution is 1.93. The van der Waals surface area contributed by atoms with E-state index in [1.807, 2.05) is 6.92 Å². The van der Waals surface area contributed by atoms with Crippen molar-refractivity contribution in [2.24, 2.45) is 0 Å². The van der Waals surface area contributed by atoms with Crippen LogP contribution in [0.5, 0.6) is 0 Å². The van der Waals surface area contributed by atoms with Crippen LogP contribution in [0, 0.1) is 0 Å². The van der Waals surface area contributed by atoms with E-state index in [0.717, 1.165) is 12.8 Å². The normalized spacial score (nSPS) is 16.4. The van der Waals surface area contributed by atoms with Crippen LogP contribution in [-0.2, 0) is 0 Å². The van der Waals surface area contributed by atoms with E-state index < -0.39 is 0 Å². The lowest BCUT2D eigenvalue weighted by Gasteiger charge is -2.11.